The van der Waals surface area contributed by atoms with Gasteiger partial charge in [-0.15, -0.1) is 15.3 Å². The first-order valence-electron chi connectivity index (χ1n) is 5.84. The van der Waals surface area contributed by atoms with Crippen molar-refractivity contribution < 1.29 is 9.90 Å². The number of azo groups is 1. The maximum atomic E-state index is 11.0. The number of anilines is 1. The quantitative estimate of drug-likeness (QED) is 0.387. The minimum Gasteiger partial charge on any atom is -0.475 e. The molecule has 0 heterocycles. The van der Waals surface area contributed by atoms with Crippen LogP contribution in [0.1, 0.15) is 0 Å². The third-order valence-corrected chi connectivity index (χ3v) is 2.27. The fraction of sp³-hybridized carbons (Fsp3) is 0. The summed E-state index contributed by atoms with van der Waals surface area (Å²) in [4.78, 5) is 11.0. The van der Waals surface area contributed by atoms with Gasteiger partial charge in [-0.05, 0) is 24.3 Å². The standard InChI is InChI=1S/C14H12N4O2/c19-14(20)13(17-15-11-7-3-1-4-8-11)18-16-12-9-5-2-6-10-12/h1-10,15H,(H,19,20)/b17-13+,18-16?. The number of hydrogen-bond acceptors (Lipinski definition) is 4. The average Bonchev–Trinajstić information content (AvgIpc) is 2.49. The molecule has 0 aliphatic rings. The second-order valence-corrected chi connectivity index (χ2v) is 3.75. The zero-order valence-corrected chi connectivity index (χ0v) is 10.5. The van der Waals surface area contributed by atoms with Crippen LogP contribution >= 0.6 is 0 Å². The summed E-state index contributed by atoms with van der Waals surface area (Å²) >= 11 is 0. The monoisotopic (exact) mass is 268 g/mol. The van der Waals surface area contributed by atoms with Crippen LogP contribution < -0.4 is 5.43 Å². The number of hydrogen-bond donors (Lipinski definition) is 2. The van der Waals surface area contributed by atoms with Gasteiger partial charge in [0.05, 0.1) is 11.4 Å². The molecule has 0 fully saturated rings. The molecule has 100 valence electrons. The molecule has 6 heteroatoms. The molecule has 0 aliphatic heterocycles. The zero-order valence-electron chi connectivity index (χ0n) is 10.5. The minimum atomic E-state index is -1.26. The first-order valence-corrected chi connectivity index (χ1v) is 5.84. The second kappa shape index (κ2) is 6.79. The van der Waals surface area contributed by atoms with Crippen molar-refractivity contribution in [2.45, 2.75) is 0 Å². The highest BCUT2D eigenvalue weighted by atomic mass is 16.4. The Morgan fingerprint density at radius 3 is 2.15 bits per heavy atom. The molecule has 0 radical (unpaired) electrons. The van der Waals surface area contributed by atoms with Crippen LogP contribution in [0.4, 0.5) is 11.4 Å². The summed E-state index contributed by atoms with van der Waals surface area (Å²) in [6.45, 7) is 0. The van der Waals surface area contributed by atoms with Crippen molar-refractivity contribution in [3.8, 4) is 0 Å². The van der Waals surface area contributed by atoms with E-state index in [0.29, 0.717) is 11.4 Å². The van der Waals surface area contributed by atoms with E-state index in [1.54, 1.807) is 36.4 Å². The zero-order chi connectivity index (χ0) is 14.2. The molecule has 0 spiro atoms. The summed E-state index contributed by atoms with van der Waals surface area (Å²) in [7, 11) is 0. The molecule has 0 aromatic heterocycles. The first kappa shape index (κ1) is 13.4. The van der Waals surface area contributed by atoms with Crippen molar-refractivity contribution in [2.75, 3.05) is 5.43 Å². The van der Waals surface area contributed by atoms with E-state index in [-0.39, 0.29) is 0 Å². The summed E-state index contributed by atoms with van der Waals surface area (Å²) in [5.74, 6) is -1.68. The van der Waals surface area contributed by atoms with Crippen molar-refractivity contribution in [3.63, 3.8) is 0 Å². The second-order valence-electron chi connectivity index (χ2n) is 3.75. The van der Waals surface area contributed by atoms with Crippen molar-refractivity contribution in [3.05, 3.63) is 60.7 Å². The summed E-state index contributed by atoms with van der Waals surface area (Å²) in [6, 6.07) is 17.8. The topological polar surface area (TPSA) is 86.4 Å². The van der Waals surface area contributed by atoms with Crippen LogP contribution in [0.25, 0.3) is 0 Å². The lowest BCUT2D eigenvalue weighted by molar-refractivity contribution is -0.129. The number of carbonyl (C=O) groups is 1. The van der Waals surface area contributed by atoms with Crippen LogP contribution in [0, 0.1) is 0 Å². The van der Waals surface area contributed by atoms with Crippen molar-refractivity contribution >= 4 is 23.2 Å². The minimum absolute atomic E-state index is 0.419. The average molecular weight is 268 g/mol. The van der Waals surface area contributed by atoms with Crippen molar-refractivity contribution in [2.24, 2.45) is 15.3 Å². The van der Waals surface area contributed by atoms with Crippen LogP contribution in [0.3, 0.4) is 0 Å². The van der Waals surface area contributed by atoms with Crippen LogP contribution in [-0.4, -0.2) is 16.9 Å². The fourth-order valence-corrected chi connectivity index (χ4v) is 1.34. The van der Waals surface area contributed by atoms with Gasteiger partial charge >= 0.3 is 5.97 Å². The number of amidine groups is 1. The molecule has 2 rings (SSSR count). The van der Waals surface area contributed by atoms with Crippen molar-refractivity contribution in [1.29, 1.82) is 0 Å². The summed E-state index contributed by atoms with van der Waals surface area (Å²) in [5.41, 5.74) is 3.84. The van der Waals surface area contributed by atoms with E-state index < -0.39 is 11.8 Å². The van der Waals surface area contributed by atoms with E-state index >= 15 is 0 Å². The van der Waals surface area contributed by atoms with Gasteiger partial charge in [0.25, 0.3) is 5.84 Å². The van der Waals surface area contributed by atoms with E-state index in [9.17, 15) is 4.79 Å². The Hall–Kier alpha value is -3.02. The third-order valence-electron chi connectivity index (χ3n) is 2.27. The van der Waals surface area contributed by atoms with Gasteiger partial charge in [-0.25, -0.2) is 4.79 Å². The molecule has 0 bridgehead atoms. The molecule has 0 unspecified atom stereocenters. The summed E-state index contributed by atoms with van der Waals surface area (Å²) < 4.78 is 0. The largest absolute Gasteiger partial charge is 0.475 e. The predicted octanol–water partition coefficient (Wildman–Crippen LogP) is 3.28. The Labute approximate surface area is 115 Å². The number of nitrogens with one attached hydrogen (secondary N) is 1. The number of nitrogens with zero attached hydrogens (tertiary/aromatic N) is 3. The molecule has 2 N–H and O–H groups in total. The lowest BCUT2D eigenvalue weighted by Gasteiger charge is -1.99. The highest BCUT2D eigenvalue weighted by molar-refractivity contribution is 6.34. The molecule has 0 aliphatic carbocycles. The number of benzene rings is 2. The number of hydrazone groups is 1. The Morgan fingerprint density at radius 1 is 0.950 bits per heavy atom. The van der Waals surface area contributed by atoms with Gasteiger partial charge in [-0.3, -0.25) is 5.43 Å². The van der Waals surface area contributed by atoms with Crippen molar-refractivity contribution in [1.82, 2.24) is 0 Å². The number of carboxylic acid groups (broad SMARTS) is 1. The predicted molar refractivity (Wildman–Crippen MR) is 76.1 cm³/mol. The smallest absolute Gasteiger partial charge is 0.377 e. The molecule has 20 heavy (non-hydrogen) atoms. The fourth-order valence-electron chi connectivity index (χ4n) is 1.34. The lowest BCUT2D eigenvalue weighted by atomic mass is 10.3. The van der Waals surface area contributed by atoms with Crippen LogP contribution in [0.5, 0.6) is 0 Å². The molecule has 0 saturated heterocycles. The Morgan fingerprint density at radius 2 is 1.55 bits per heavy atom. The molecular formula is C14H12N4O2. The molecular weight excluding hydrogens is 256 g/mol. The normalized spacial score (nSPS) is 11.5. The summed E-state index contributed by atoms with van der Waals surface area (Å²) in [5, 5.41) is 20.2. The van der Waals surface area contributed by atoms with Crippen LogP contribution in [-0.2, 0) is 4.79 Å². The van der Waals surface area contributed by atoms with Gasteiger partial charge in [-0.2, -0.15) is 0 Å². The van der Waals surface area contributed by atoms with Crippen LogP contribution in [0.15, 0.2) is 76.0 Å². The van der Waals surface area contributed by atoms with Gasteiger partial charge in [0, 0.05) is 0 Å². The van der Waals surface area contributed by atoms with E-state index in [1.165, 1.54) is 0 Å². The molecule has 6 nitrogen and oxygen atoms in total. The van der Waals surface area contributed by atoms with Crippen LogP contribution in [0.2, 0.25) is 0 Å². The maximum absolute atomic E-state index is 11.0. The van der Waals surface area contributed by atoms with E-state index in [1.807, 2.05) is 24.3 Å². The van der Waals surface area contributed by atoms with Gasteiger partial charge < -0.3 is 5.11 Å². The Balaban J connectivity index is 2.11. The van der Waals surface area contributed by atoms with Gasteiger partial charge in [0.1, 0.15) is 0 Å². The van der Waals surface area contributed by atoms with Gasteiger partial charge in [-0.1, -0.05) is 36.4 Å². The number of para-hydroxylation sites is 1. The van der Waals surface area contributed by atoms with Gasteiger partial charge in [0.2, 0.25) is 0 Å². The maximum Gasteiger partial charge on any atom is 0.377 e. The molecule has 0 atom stereocenters. The summed E-state index contributed by atoms with van der Waals surface area (Å²) in [6.07, 6.45) is 0. The van der Waals surface area contributed by atoms with E-state index in [2.05, 4.69) is 20.8 Å². The number of rotatable bonds is 3. The molecule has 2 aromatic rings. The highest BCUT2D eigenvalue weighted by Crippen LogP contribution is 2.10. The lowest BCUT2D eigenvalue weighted by Crippen LogP contribution is -2.11. The molecule has 0 saturated carbocycles. The molecule has 0 amide bonds. The Bertz CT molecular complexity index is 624. The Kier molecular flexibility index (Phi) is 4.55. The first-order chi connectivity index (χ1) is 9.75. The molecule has 2 aromatic carbocycles. The van der Waals surface area contributed by atoms with E-state index in [4.69, 9.17) is 5.11 Å². The number of aliphatic carboxylic acids is 1. The van der Waals surface area contributed by atoms with E-state index in [0.717, 1.165) is 0 Å². The highest BCUT2D eigenvalue weighted by Gasteiger charge is 2.08. The SMILES string of the molecule is O=C(O)/C(N=Nc1ccccc1)=N\Nc1ccccc1. The third kappa shape index (κ3) is 4.02. The van der Waals surface area contributed by atoms with Gasteiger partial charge in [0.15, 0.2) is 0 Å². The number of carboxylic acids is 1.